The number of nitrogens with zero attached hydrogens (tertiary/aromatic N) is 1. The molecular weight excluding hydrogens is 338 g/mol. The molecule has 0 bridgehead atoms. The van der Waals surface area contributed by atoms with Crippen LogP contribution in [0.3, 0.4) is 0 Å². The minimum atomic E-state index is -1.18. The molecule has 2 amide bonds. The number of thiazole rings is 1. The van der Waals surface area contributed by atoms with Crippen molar-refractivity contribution in [3.05, 3.63) is 52.6 Å². The van der Waals surface area contributed by atoms with Gasteiger partial charge in [0.25, 0.3) is 5.91 Å². The average Bonchev–Trinajstić information content (AvgIpc) is 2.91. The van der Waals surface area contributed by atoms with Crippen LogP contribution in [0.2, 0.25) is 0 Å². The molecule has 3 aromatic rings. The van der Waals surface area contributed by atoms with Gasteiger partial charge in [-0.25, -0.2) is 9.78 Å². The highest BCUT2D eigenvalue weighted by Gasteiger charge is 2.16. The van der Waals surface area contributed by atoms with Crippen LogP contribution in [0.5, 0.6) is 0 Å². The number of anilines is 2. The van der Waals surface area contributed by atoms with Crippen LogP contribution in [0.1, 0.15) is 27.0 Å². The summed E-state index contributed by atoms with van der Waals surface area (Å²) in [4.78, 5) is 27.8. The molecule has 0 saturated carbocycles. The molecule has 0 fully saturated rings. The van der Waals surface area contributed by atoms with Crippen molar-refractivity contribution in [1.29, 1.82) is 0 Å². The molecule has 0 aliphatic carbocycles. The van der Waals surface area contributed by atoms with Crippen LogP contribution in [-0.2, 0) is 0 Å². The second kappa shape index (κ2) is 6.52. The number of nitrogens with one attached hydrogen (secondary N) is 2. The lowest BCUT2D eigenvalue weighted by atomic mass is 10.0. The van der Waals surface area contributed by atoms with Crippen LogP contribution in [0, 0.1) is 20.8 Å². The Hall–Kier alpha value is -2.93. The van der Waals surface area contributed by atoms with Gasteiger partial charge in [0.05, 0.1) is 15.8 Å². The monoisotopic (exact) mass is 355 g/mol. The smallest absolute Gasteiger partial charge is 0.410 e. The summed E-state index contributed by atoms with van der Waals surface area (Å²) in [5, 5.41) is 14.3. The van der Waals surface area contributed by atoms with E-state index in [-0.39, 0.29) is 11.0 Å². The van der Waals surface area contributed by atoms with Crippen molar-refractivity contribution in [3.8, 4) is 0 Å². The number of hydrogen-bond donors (Lipinski definition) is 3. The second-order valence-corrected chi connectivity index (χ2v) is 6.83. The maximum Gasteiger partial charge on any atom is 0.410 e. The molecule has 0 radical (unpaired) electrons. The molecule has 0 atom stereocenters. The first-order valence-corrected chi connectivity index (χ1v) is 8.45. The molecule has 1 heterocycles. The summed E-state index contributed by atoms with van der Waals surface area (Å²) in [7, 11) is 0. The van der Waals surface area contributed by atoms with Crippen LogP contribution >= 0.6 is 11.3 Å². The Morgan fingerprint density at radius 1 is 1.08 bits per heavy atom. The zero-order chi connectivity index (χ0) is 18.1. The van der Waals surface area contributed by atoms with Crippen molar-refractivity contribution in [2.75, 3.05) is 10.6 Å². The summed E-state index contributed by atoms with van der Waals surface area (Å²) in [6.45, 7) is 5.93. The first-order valence-electron chi connectivity index (χ1n) is 7.64. The molecule has 0 aliphatic heterocycles. The third-order valence-corrected chi connectivity index (χ3v) is 4.81. The molecule has 3 rings (SSSR count). The first kappa shape index (κ1) is 16.9. The molecule has 128 valence electrons. The van der Waals surface area contributed by atoms with Crippen molar-refractivity contribution >= 4 is 44.4 Å². The van der Waals surface area contributed by atoms with Crippen molar-refractivity contribution in [3.63, 3.8) is 0 Å². The van der Waals surface area contributed by atoms with Gasteiger partial charge in [-0.15, -0.1) is 0 Å². The quantitative estimate of drug-likeness (QED) is 0.642. The Balaban J connectivity index is 1.97. The van der Waals surface area contributed by atoms with Gasteiger partial charge >= 0.3 is 6.09 Å². The molecule has 25 heavy (non-hydrogen) atoms. The predicted molar refractivity (Wildman–Crippen MR) is 99.9 cm³/mol. The molecule has 0 unspecified atom stereocenters. The number of fused-ring (bicyclic) bond motifs is 1. The maximum atomic E-state index is 12.8. The normalized spacial score (nSPS) is 10.7. The summed E-state index contributed by atoms with van der Waals surface area (Å²) in [6, 6.07) is 9.23. The number of benzene rings is 2. The predicted octanol–water partition coefficient (Wildman–Crippen LogP) is 4.56. The summed E-state index contributed by atoms with van der Waals surface area (Å²) < 4.78 is 0.645. The van der Waals surface area contributed by atoms with Crippen LogP contribution in [0.25, 0.3) is 10.2 Å². The highest BCUT2D eigenvalue weighted by atomic mass is 32.1. The lowest BCUT2D eigenvalue weighted by Gasteiger charge is -2.13. The Kier molecular flexibility index (Phi) is 4.41. The van der Waals surface area contributed by atoms with Gasteiger partial charge in [-0.2, -0.15) is 0 Å². The van der Waals surface area contributed by atoms with Gasteiger partial charge in [0.2, 0.25) is 0 Å². The van der Waals surface area contributed by atoms with E-state index < -0.39 is 6.09 Å². The van der Waals surface area contributed by atoms with E-state index in [1.807, 2.05) is 32.9 Å². The van der Waals surface area contributed by atoms with Crippen LogP contribution in [-0.4, -0.2) is 22.1 Å². The van der Waals surface area contributed by atoms with Gasteiger partial charge in [0.15, 0.2) is 5.13 Å². The summed E-state index contributed by atoms with van der Waals surface area (Å²) >= 11 is 1.14. The van der Waals surface area contributed by atoms with E-state index in [0.29, 0.717) is 15.8 Å². The molecule has 0 spiro atoms. The number of carbonyl (C=O) groups excluding carboxylic acids is 1. The van der Waals surface area contributed by atoms with Gasteiger partial charge < -0.3 is 10.4 Å². The largest absolute Gasteiger partial charge is 0.465 e. The fourth-order valence-electron chi connectivity index (χ4n) is 2.83. The number of carboxylic acid groups (broad SMARTS) is 1. The van der Waals surface area contributed by atoms with Gasteiger partial charge in [0, 0.05) is 5.69 Å². The van der Waals surface area contributed by atoms with Gasteiger partial charge in [-0.1, -0.05) is 35.1 Å². The SMILES string of the molecule is Cc1cc(C)c(NC(=O)c2cccc3nc(NC(=O)O)sc23)c(C)c1. The molecular formula is C18H17N3O3S. The fourth-order valence-corrected chi connectivity index (χ4v) is 3.80. The summed E-state index contributed by atoms with van der Waals surface area (Å²) in [5.41, 5.74) is 4.97. The van der Waals surface area contributed by atoms with Gasteiger partial charge in [-0.05, 0) is 44.0 Å². The number of carbonyl (C=O) groups is 2. The fraction of sp³-hybridized carbons (Fsp3) is 0.167. The topological polar surface area (TPSA) is 91.3 Å². The first-order chi connectivity index (χ1) is 11.8. The van der Waals surface area contributed by atoms with E-state index in [1.165, 1.54) is 0 Å². The summed E-state index contributed by atoms with van der Waals surface area (Å²) in [5.74, 6) is -0.244. The third-order valence-electron chi connectivity index (χ3n) is 3.79. The van der Waals surface area contributed by atoms with Crippen LogP contribution in [0.15, 0.2) is 30.3 Å². The average molecular weight is 355 g/mol. The lowest BCUT2D eigenvalue weighted by Crippen LogP contribution is -2.14. The molecule has 1 aromatic heterocycles. The number of aromatic nitrogens is 1. The van der Waals surface area contributed by atoms with Crippen LogP contribution < -0.4 is 10.6 Å². The van der Waals surface area contributed by atoms with Crippen molar-refractivity contribution in [1.82, 2.24) is 4.98 Å². The minimum absolute atomic E-state index is 0.241. The Labute approximate surface area is 148 Å². The maximum absolute atomic E-state index is 12.8. The van der Waals surface area contributed by atoms with E-state index >= 15 is 0 Å². The van der Waals surface area contributed by atoms with Crippen molar-refractivity contribution in [2.24, 2.45) is 0 Å². The standard InChI is InChI=1S/C18H17N3O3S/c1-9-7-10(2)14(11(3)8-9)20-16(22)12-5-4-6-13-15(12)25-17(19-13)21-18(23)24/h4-8H,1-3H3,(H,19,21)(H,20,22)(H,23,24). The van der Waals surface area contributed by atoms with Crippen LogP contribution in [0.4, 0.5) is 15.6 Å². The zero-order valence-corrected chi connectivity index (χ0v) is 14.8. The molecule has 0 aliphatic rings. The van der Waals surface area contributed by atoms with E-state index in [4.69, 9.17) is 5.11 Å². The number of aryl methyl sites for hydroxylation is 3. The van der Waals surface area contributed by atoms with Crippen molar-refractivity contribution < 1.29 is 14.7 Å². The number of rotatable bonds is 3. The highest BCUT2D eigenvalue weighted by Crippen LogP contribution is 2.30. The molecule has 6 nitrogen and oxygen atoms in total. The Morgan fingerprint density at radius 3 is 2.40 bits per heavy atom. The Morgan fingerprint density at radius 2 is 1.76 bits per heavy atom. The molecule has 0 saturated heterocycles. The number of amides is 2. The Bertz CT molecular complexity index is 971. The third kappa shape index (κ3) is 3.46. The van der Waals surface area contributed by atoms with Gasteiger partial charge in [-0.3, -0.25) is 10.1 Å². The van der Waals surface area contributed by atoms with Gasteiger partial charge in [0.1, 0.15) is 0 Å². The van der Waals surface area contributed by atoms with E-state index in [9.17, 15) is 9.59 Å². The van der Waals surface area contributed by atoms with E-state index in [2.05, 4.69) is 15.6 Å². The molecule has 2 aromatic carbocycles. The molecule has 7 heteroatoms. The highest BCUT2D eigenvalue weighted by molar-refractivity contribution is 7.22. The lowest BCUT2D eigenvalue weighted by molar-refractivity contribution is 0.102. The van der Waals surface area contributed by atoms with E-state index in [0.717, 1.165) is 33.7 Å². The summed E-state index contributed by atoms with van der Waals surface area (Å²) in [6.07, 6.45) is -1.18. The van der Waals surface area contributed by atoms with E-state index in [1.54, 1.807) is 18.2 Å². The molecule has 3 N–H and O–H groups in total. The van der Waals surface area contributed by atoms with Crippen molar-refractivity contribution in [2.45, 2.75) is 20.8 Å². The minimum Gasteiger partial charge on any atom is -0.465 e. The zero-order valence-electron chi connectivity index (χ0n) is 14.0. The second-order valence-electron chi connectivity index (χ2n) is 5.83. The number of hydrogen-bond acceptors (Lipinski definition) is 4.